The van der Waals surface area contributed by atoms with E-state index in [4.69, 9.17) is 22.1 Å². The van der Waals surface area contributed by atoms with Gasteiger partial charge in [-0.15, -0.1) is 0 Å². The summed E-state index contributed by atoms with van der Waals surface area (Å²) >= 11 is 0. The third kappa shape index (κ3) is 14.9. The van der Waals surface area contributed by atoms with E-state index in [2.05, 4.69) is 61.5 Å². The van der Waals surface area contributed by atoms with Crippen LogP contribution in [0.1, 0.15) is 74.9 Å². The molecule has 2 aromatic carbocycles. The minimum atomic E-state index is -0.231. The summed E-state index contributed by atoms with van der Waals surface area (Å²) in [7, 11) is 0. The molecule has 0 amide bonds. The van der Waals surface area contributed by atoms with Crippen LogP contribution in [0.5, 0.6) is 11.5 Å². The standard InChI is InChI=1S/C30H40N4O2.2N3.2Zn/c1-7-21-9-23-13-31-17-29(3,4)19-33-15-25-11-22(8-2)12-26(28(25)36)16-34-20-30(5,6)18-32-14-24(10-21)27(23)35;2*1-3-2;;/h9-16,35-36H,7-8,17-20H2,1-6H3;;;;/q;2*-1;2*+2/p-2. The third-order valence-corrected chi connectivity index (χ3v) is 6.23. The molecular weight excluding hydrogens is 663 g/mol. The molecule has 0 aromatic heterocycles. The molecule has 14 heteroatoms. The predicted molar refractivity (Wildman–Crippen MR) is 168 cm³/mol. The Morgan fingerprint density at radius 2 is 0.773 bits per heavy atom. The van der Waals surface area contributed by atoms with Crippen molar-refractivity contribution in [1.82, 2.24) is 0 Å². The average Bonchev–Trinajstić information content (AvgIpc) is 2.92. The summed E-state index contributed by atoms with van der Waals surface area (Å²) in [5, 5.41) is 26.1. The fourth-order valence-electron chi connectivity index (χ4n) is 3.93. The second kappa shape index (κ2) is 21.3. The summed E-state index contributed by atoms with van der Waals surface area (Å²) in [6.45, 7) is 14.5. The minimum absolute atomic E-state index is 0. The molecule has 0 saturated heterocycles. The maximum atomic E-state index is 13.1. The number of rotatable bonds is 2. The van der Waals surface area contributed by atoms with Gasteiger partial charge in [-0.1, -0.05) is 77.3 Å². The van der Waals surface area contributed by atoms with Crippen molar-refractivity contribution in [3.63, 3.8) is 0 Å². The first-order chi connectivity index (χ1) is 19.9. The Hall–Kier alpha value is -3.41. The van der Waals surface area contributed by atoms with Gasteiger partial charge in [0.05, 0.1) is 0 Å². The molecule has 0 spiro atoms. The smallest absolute Gasteiger partial charge is 0.872 e. The normalized spacial score (nSPS) is 14.9. The number of nitrogens with zero attached hydrogens (tertiary/aromatic N) is 10. The molecule has 3 rings (SSSR count). The minimum Gasteiger partial charge on any atom is -0.872 e. The molecule has 12 nitrogen and oxygen atoms in total. The Labute approximate surface area is 285 Å². The van der Waals surface area contributed by atoms with Crippen molar-refractivity contribution < 1.29 is 49.2 Å². The van der Waals surface area contributed by atoms with Crippen molar-refractivity contribution in [3.8, 4) is 11.5 Å². The van der Waals surface area contributed by atoms with E-state index in [9.17, 15) is 10.2 Å². The van der Waals surface area contributed by atoms with E-state index in [0.29, 0.717) is 48.4 Å². The Morgan fingerprint density at radius 1 is 0.568 bits per heavy atom. The van der Waals surface area contributed by atoms with E-state index < -0.39 is 0 Å². The van der Waals surface area contributed by atoms with Gasteiger partial charge in [0.1, 0.15) is 0 Å². The summed E-state index contributed by atoms with van der Waals surface area (Å²) in [6, 6.07) is 7.64. The Morgan fingerprint density at radius 3 is 0.955 bits per heavy atom. The number of aryl methyl sites for hydroxylation is 2. The summed E-state index contributed by atoms with van der Waals surface area (Å²) < 4.78 is 0. The van der Waals surface area contributed by atoms with Crippen LogP contribution in [-0.2, 0) is 51.8 Å². The number of hydrogen-bond acceptors (Lipinski definition) is 6. The number of benzene rings is 2. The zero-order valence-electron chi connectivity index (χ0n) is 26.6. The van der Waals surface area contributed by atoms with E-state index >= 15 is 0 Å². The van der Waals surface area contributed by atoms with Gasteiger partial charge in [-0.05, 0) is 46.2 Å². The van der Waals surface area contributed by atoms with Crippen LogP contribution in [0.25, 0.3) is 31.9 Å². The van der Waals surface area contributed by atoms with E-state index in [0.717, 1.165) is 24.0 Å². The summed E-state index contributed by atoms with van der Waals surface area (Å²) in [5.74, 6) is -0.122. The molecule has 0 radical (unpaired) electrons. The van der Waals surface area contributed by atoms with Crippen LogP contribution in [0.2, 0.25) is 0 Å². The van der Waals surface area contributed by atoms with Gasteiger partial charge in [-0.25, -0.2) is 0 Å². The van der Waals surface area contributed by atoms with Gasteiger partial charge >= 0.3 is 39.0 Å². The molecule has 0 atom stereocenters. The average molecular weight is 701 g/mol. The van der Waals surface area contributed by atoms with Crippen LogP contribution in [0.15, 0.2) is 44.2 Å². The molecule has 1 aliphatic rings. The van der Waals surface area contributed by atoms with Crippen LogP contribution in [0.3, 0.4) is 0 Å². The first-order valence-corrected chi connectivity index (χ1v) is 13.5. The quantitative estimate of drug-likeness (QED) is 0.156. The molecule has 1 heterocycles. The molecule has 1 aliphatic heterocycles. The van der Waals surface area contributed by atoms with Gasteiger partial charge < -0.3 is 32.3 Å². The number of fused-ring (bicyclic) bond motifs is 4. The zero-order valence-corrected chi connectivity index (χ0v) is 32.5. The van der Waals surface area contributed by atoms with Gasteiger partial charge in [0.2, 0.25) is 0 Å². The first-order valence-electron chi connectivity index (χ1n) is 13.5. The molecule has 0 fully saturated rings. The molecule has 0 unspecified atom stereocenters. The largest absolute Gasteiger partial charge is 2.00 e. The second-order valence-corrected chi connectivity index (χ2v) is 11.3. The summed E-state index contributed by atoms with van der Waals surface area (Å²) in [4.78, 5) is 21.4. The Bertz CT molecular complexity index is 1210. The van der Waals surface area contributed by atoms with Crippen LogP contribution in [-0.4, -0.2) is 51.0 Å². The molecule has 224 valence electrons. The maximum absolute atomic E-state index is 13.1. The summed E-state index contributed by atoms with van der Waals surface area (Å²) in [5.41, 5.74) is 31.0. The molecular formula is C30H38N10O2Zn2. The van der Waals surface area contributed by atoms with Gasteiger partial charge in [0, 0.05) is 61.9 Å². The zero-order chi connectivity index (χ0) is 31.8. The van der Waals surface area contributed by atoms with Crippen LogP contribution in [0.4, 0.5) is 0 Å². The Kier molecular flexibility index (Phi) is 20.7. The van der Waals surface area contributed by atoms with E-state index in [-0.39, 0.29) is 61.3 Å². The van der Waals surface area contributed by atoms with Gasteiger partial charge in [0.25, 0.3) is 0 Å². The van der Waals surface area contributed by atoms with Crippen molar-refractivity contribution in [3.05, 3.63) is 89.6 Å². The van der Waals surface area contributed by atoms with Crippen LogP contribution in [0, 0.1) is 10.8 Å². The first kappa shape index (κ1) is 42.7. The van der Waals surface area contributed by atoms with Gasteiger partial charge in [-0.2, -0.15) is 0 Å². The third-order valence-electron chi connectivity index (χ3n) is 6.23. The maximum Gasteiger partial charge on any atom is 2.00 e. The molecule has 0 aliphatic carbocycles. The molecule has 44 heavy (non-hydrogen) atoms. The second-order valence-electron chi connectivity index (χ2n) is 11.3. The van der Waals surface area contributed by atoms with Crippen molar-refractivity contribution in [2.45, 2.75) is 54.4 Å². The number of aliphatic imine (C=N–C) groups is 4. The molecule has 0 N–H and O–H groups in total. The fourth-order valence-corrected chi connectivity index (χ4v) is 3.93. The van der Waals surface area contributed by atoms with Gasteiger partial charge in [0.15, 0.2) is 0 Å². The van der Waals surface area contributed by atoms with Crippen molar-refractivity contribution in [2.24, 2.45) is 30.8 Å². The van der Waals surface area contributed by atoms with E-state index in [1.807, 2.05) is 24.3 Å². The Balaban J connectivity index is 0. The molecule has 2 aromatic rings. The van der Waals surface area contributed by atoms with E-state index in [1.54, 1.807) is 24.9 Å². The van der Waals surface area contributed by atoms with Crippen molar-refractivity contribution >= 4 is 24.9 Å². The number of hydrogen-bond donors (Lipinski definition) is 0. The summed E-state index contributed by atoms with van der Waals surface area (Å²) in [6.07, 6.45) is 8.35. The van der Waals surface area contributed by atoms with Gasteiger partial charge in [-0.3, -0.25) is 29.8 Å². The van der Waals surface area contributed by atoms with Crippen LogP contribution < -0.4 is 10.2 Å². The van der Waals surface area contributed by atoms with Crippen molar-refractivity contribution in [1.29, 1.82) is 0 Å². The fraction of sp³-hybridized carbons (Fsp3) is 0.467. The topological polar surface area (TPSA) is 213 Å². The molecule has 4 bridgehead atoms. The van der Waals surface area contributed by atoms with Crippen molar-refractivity contribution in [2.75, 3.05) is 26.2 Å². The SMILES string of the molecule is CCc1cc2c([O-])c(c1)C=NCC(C)(C)CN=Cc1cc(CC)cc(c1[O-])C=NCC(C)(C)CN=C2.[N-]=[N+]=[N-].[N-]=[N+]=[N-].[Zn+2].[Zn+2]. The van der Waals surface area contributed by atoms with Crippen LogP contribution >= 0.6 is 0 Å². The predicted octanol–water partition coefficient (Wildman–Crippen LogP) is 6.13. The van der Waals surface area contributed by atoms with E-state index in [1.165, 1.54) is 9.82 Å². The monoisotopic (exact) mass is 698 g/mol. The molecule has 0 saturated carbocycles.